The van der Waals surface area contributed by atoms with Gasteiger partial charge in [0.25, 0.3) is 0 Å². The van der Waals surface area contributed by atoms with Crippen molar-refractivity contribution < 1.29 is 23.1 Å². The number of methoxy groups -OCH3 is 1. The third kappa shape index (κ3) is 4.58. The molecule has 1 aromatic carbocycles. The fourth-order valence-electron chi connectivity index (χ4n) is 3.00. The first-order valence-corrected chi connectivity index (χ1v) is 9.45. The molecule has 1 fully saturated rings. The van der Waals surface area contributed by atoms with Crippen molar-refractivity contribution in [2.24, 2.45) is 0 Å². The molecule has 1 aromatic rings. The zero-order valence-electron chi connectivity index (χ0n) is 13.8. The number of hydrogen-bond acceptors (Lipinski definition) is 5. The molecule has 1 unspecified atom stereocenters. The molecule has 6 nitrogen and oxygen atoms in total. The second kappa shape index (κ2) is 7.81. The maximum absolute atomic E-state index is 12.2. The summed E-state index contributed by atoms with van der Waals surface area (Å²) in [6.07, 6.45) is 3.05. The van der Waals surface area contributed by atoms with Crippen LogP contribution >= 0.6 is 0 Å². The smallest absolute Gasteiger partial charge is 0.309 e. The van der Waals surface area contributed by atoms with Crippen LogP contribution in [0.1, 0.15) is 29.9 Å². The molecule has 24 heavy (non-hydrogen) atoms. The van der Waals surface area contributed by atoms with Crippen molar-refractivity contribution in [3.63, 3.8) is 0 Å². The number of rotatable bonds is 6. The Morgan fingerprint density at radius 1 is 1.46 bits per heavy atom. The van der Waals surface area contributed by atoms with Gasteiger partial charge in [-0.05, 0) is 42.0 Å². The molecule has 1 atom stereocenters. The highest BCUT2D eigenvalue weighted by molar-refractivity contribution is 7.89. The minimum absolute atomic E-state index is 0.0122. The minimum Gasteiger partial charge on any atom is -0.508 e. The van der Waals surface area contributed by atoms with E-state index in [9.17, 15) is 18.3 Å². The number of phenolic OH excluding ortho intramolecular Hbond substituents is 1. The second-order valence-electron chi connectivity index (χ2n) is 5.95. The largest absolute Gasteiger partial charge is 0.508 e. The molecule has 132 valence electrons. The number of nitrogens with zero attached hydrogens (tertiary/aromatic N) is 1. The topological polar surface area (TPSA) is 83.9 Å². The molecule has 0 saturated carbocycles. The third-order valence-corrected chi connectivity index (χ3v) is 5.93. The zero-order valence-corrected chi connectivity index (χ0v) is 14.6. The fraction of sp³-hybridized carbons (Fsp3) is 0.471. The number of sulfonamides is 1. The first-order valence-electron chi connectivity index (χ1n) is 7.84. The van der Waals surface area contributed by atoms with Crippen molar-refractivity contribution >= 4 is 16.0 Å². The number of aromatic hydroxyl groups is 1. The van der Waals surface area contributed by atoms with Gasteiger partial charge in [0.2, 0.25) is 10.0 Å². The molecule has 0 aliphatic carbocycles. The van der Waals surface area contributed by atoms with Crippen LogP contribution in [0.15, 0.2) is 30.9 Å². The van der Waals surface area contributed by atoms with Gasteiger partial charge in [0.05, 0.1) is 19.3 Å². The Bertz CT molecular complexity index is 714. The van der Waals surface area contributed by atoms with Crippen molar-refractivity contribution in [2.75, 3.05) is 26.0 Å². The quantitative estimate of drug-likeness (QED) is 0.623. The van der Waals surface area contributed by atoms with E-state index in [4.69, 9.17) is 0 Å². The van der Waals surface area contributed by atoms with E-state index >= 15 is 0 Å². The molecule has 0 amide bonds. The van der Waals surface area contributed by atoms with E-state index in [1.165, 1.54) is 23.6 Å². The summed E-state index contributed by atoms with van der Waals surface area (Å²) >= 11 is 0. The van der Waals surface area contributed by atoms with E-state index in [1.54, 1.807) is 6.07 Å². The van der Waals surface area contributed by atoms with E-state index in [1.807, 2.05) is 6.07 Å². The average molecular weight is 353 g/mol. The summed E-state index contributed by atoms with van der Waals surface area (Å²) in [5, 5.41) is 9.92. The molecular weight excluding hydrogens is 330 g/mol. The van der Waals surface area contributed by atoms with E-state index < -0.39 is 10.0 Å². The van der Waals surface area contributed by atoms with Crippen molar-refractivity contribution in [2.45, 2.75) is 25.2 Å². The highest BCUT2D eigenvalue weighted by Crippen LogP contribution is 2.31. The maximum atomic E-state index is 12.2. The molecule has 1 saturated heterocycles. The normalized spacial score (nSPS) is 19.0. The molecular formula is C17H23NO5S. The van der Waals surface area contributed by atoms with E-state index in [2.05, 4.69) is 11.3 Å². The Hall–Kier alpha value is -1.86. The summed E-state index contributed by atoms with van der Waals surface area (Å²) in [7, 11) is -2.02. The number of carbonyl (C=O) groups is 1. The highest BCUT2D eigenvalue weighted by atomic mass is 32.2. The number of hydrogen-bond donors (Lipinski definition) is 1. The monoisotopic (exact) mass is 353 g/mol. The van der Waals surface area contributed by atoms with Gasteiger partial charge in [0.1, 0.15) is 5.75 Å². The third-order valence-electron chi connectivity index (χ3n) is 4.15. The van der Waals surface area contributed by atoms with Gasteiger partial charge < -0.3 is 9.84 Å². The fourth-order valence-corrected chi connectivity index (χ4v) is 4.32. The molecule has 7 heteroatoms. The van der Waals surface area contributed by atoms with Crippen molar-refractivity contribution in [1.82, 2.24) is 4.31 Å². The van der Waals surface area contributed by atoms with Crippen molar-refractivity contribution in [3.8, 4) is 5.75 Å². The predicted molar refractivity (Wildman–Crippen MR) is 91.4 cm³/mol. The van der Waals surface area contributed by atoms with Crippen LogP contribution in [0.5, 0.6) is 5.75 Å². The van der Waals surface area contributed by atoms with Crippen LogP contribution in [0.3, 0.4) is 0 Å². The summed E-state index contributed by atoms with van der Waals surface area (Å²) in [6, 6.07) is 5.00. The molecule has 1 aliphatic rings. The second-order valence-corrected chi connectivity index (χ2v) is 7.96. The molecule has 0 radical (unpaired) electrons. The van der Waals surface area contributed by atoms with Gasteiger partial charge in [0.15, 0.2) is 0 Å². The molecule has 0 bridgehead atoms. The molecule has 1 N–H and O–H groups in total. The van der Waals surface area contributed by atoms with Gasteiger partial charge in [-0.25, -0.2) is 12.7 Å². The SMILES string of the molecule is C=CCS(=O)(=O)N1CCCC(c2cc(O)cc(CC(=O)OC)c2)C1. The van der Waals surface area contributed by atoms with Crippen LogP contribution in [0.25, 0.3) is 0 Å². The Morgan fingerprint density at radius 2 is 2.21 bits per heavy atom. The average Bonchev–Trinajstić information content (AvgIpc) is 2.54. The Labute approximate surface area is 142 Å². The standard InChI is InChI=1S/C17H23NO5S/c1-3-7-24(21,22)18-6-4-5-14(12-18)15-8-13(9-16(19)11-15)10-17(20)23-2/h3,8-9,11,14,19H,1,4-7,10,12H2,2H3. The first kappa shape index (κ1) is 18.5. The summed E-state index contributed by atoms with van der Waals surface area (Å²) in [5.41, 5.74) is 1.50. The number of carbonyl (C=O) groups excluding carboxylic acids is 1. The van der Waals surface area contributed by atoms with Crippen LogP contribution in [-0.2, 0) is 26.0 Å². The lowest BCUT2D eigenvalue weighted by molar-refractivity contribution is -0.139. The predicted octanol–water partition coefficient (Wildman–Crippen LogP) is 1.80. The van der Waals surface area contributed by atoms with E-state index in [0.717, 1.165) is 18.4 Å². The van der Waals surface area contributed by atoms with Gasteiger partial charge in [0, 0.05) is 13.1 Å². The van der Waals surface area contributed by atoms with Gasteiger partial charge in [-0.1, -0.05) is 12.1 Å². The van der Waals surface area contributed by atoms with Gasteiger partial charge in [-0.3, -0.25) is 4.79 Å². The van der Waals surface area contributed by atoms with Gasteiger partial charge in [-0.2, -0.15) is 0 Å². The number of esters is 1. The summed E-state index contributed by atoms with van der Waals surface area (Å²) in [4.78, 5) is 11.4. The molecule has 1 heterocycles. The van der Waals surface area contributed by atoms with Crippen LogP contribution < -0.4 is 0 Å². The molecule has 2 rings (SSSR count). The summed E-state index contributed by atoms with van der Waals surface area (Å²) in [6.45, 7) is 4.37. The molecule has 1 aliphatic heterocycles. The maximum Gasteiger partial charge on any atom is 0.309 e. The first-order chi connectivity index (χ1) is 11.4. The number of piperidine rings is 1. The lowest BCUT2D eigenvalue weighted by Gasteiger charge is -2.32. The number of phenols is 1. The highest BCUT2D eigenvalue weighted by Gasteiger charge is 2.29. The lowest BCUT2D eigenvalue weighted by Crippen LogP contribution is -2.40. The Balaban J connectivity index is 2.21. The lowest BCUT2D eigenvalue weighted by atomic mass is 9.90. The van der Waals surface area contributed by atoms with Gasteiger partial charge in [-0.15, -0.1) is 6.58 Å². The van der Waals surface area contributed by atoms with Crippen molar-refractivity contribution in [3.05, 3.63) is 42.0 Å². The molecule has 0 spiro atoms. The van der Waals surface area contributed by atoms with Crippen LogP contribution in [0.4, 0.5) is 0 Å². The molecule has 0 aromatic heterocycles. The zero-order chi connectivity index (χ0) is 17.7. The Morgan fingerprint density at radius 3 is 2.88 bits per heavy atom. The van der Waals surface area contributed by atoms with Crippen LogP contribution in [0.2, 0.25) is 0 Å². The minimum atomic E-state index is -3.34. The van der Waals surface area contributed by atoms with Crippen LogP contribution in [0, 0.1) is 0 Å². The van der Waals surface area contributed by atoms with E-state index in [0.29, 0.717) is 18.7 Å². The van der Waals surface area contributed by atoms with E-state index in [-0.39, 0.29) is 29.8 Å². The number of ether oxygens (including phenoxy) is 1. The summed E-state index contributed by atoms with van der Waals surface area (Å²) < 4.78 is 30.6. The van der Waals surface area contributed by atoms with Crippen LogP contribution in [-0.4, -0.2) is 49.8 Å². The number of benzene rings is 1. The summed E-state index contributed by atoms with van der Waals surface area (Å²) in [5.74, 6) is -0.405. The van der Waals surface area contributed by atoms with Crippen molar-refractivity contribution in [1.29, 1.82) is 0 Å². The Kier molecular flexibility index (Phi) is 6.01. The van der Waals surface area contributed by atoms with Gasteiger partial charge >= 0.3 is 5.97 Å².